The van der Waals surface area contributed by atoms with Gasteiger partial charge < -0.3 is 4.74 Å². The average molecular weight is 502 g/mol. The molecule has 0 aliphatic heterocycles. The van der Waals surface area contributed by atoms with Gasteiger partial charge in [0.1, 0.15) is 6.07 Å². The van der Waals surface area contributed by atoms with Crippen molar-refractivity contribution in [1.82, 2.24) is 0 Å². The van der Waals surface area contributed by atoms with Crippen LogP contribution in [0.5, 0.6) is 0 Å². The van der Waals surface area contributed by atoms with E-state index in [4.69, 9.17) is 11.2 Å². The second kappa shape index (κ2) is 7.92. The average Bonchev–Trinajstić information content (AvgIpc) is 2.84. The molecule has 0 spiro atoms. The largest absolute Gasteiger partial charge is 0.469 e. The molecule has 0 aromatic heterocycles. The number of rotatable bonds is 1. The van der Waals surface area contributed by atoms with Crippen LogP contribution in [0, 0.1) is 74.4 Å². The van der Waals surface area contributed by atoms with Crippen molar-refractivity contribution in [3.8, 4) is 18.4 Å². The zero-order chi connectivity index (χ0) is 27.2. The van der Waals surface area contributed by atoms with E-state index in [-0.39, 0.29) is 57.1 Å². The highest BCUT2D eigenvalue weighted by molar-refractivity contribution is 6.04. The molecule has 196 valence electrons. The summed E-state index contributed by atoms with van der Waals surface area (Å²) in [4.78, 5) is 40.6. The number of ether oxygens (including phenoxy) is 1. The van der Waals surface area contributed by atoms with E-state index in [9.17, 15) is 19.6 Å². The van der Waals surface area contributed by atoms with Crippen LogP contribution in [0.1, 0.15) is 79.6 Å². The first-order valence-electron chi connectivity index (χ1n) is 13.7. The molecule has 5 rings (SSSR count). The van der Waals surface area contributed by atoms with Gasteiger partial charge in [-0.05, 0) is 79.1 Å². The summed E-state index contributed by atoms with van der Waals surface area (Å²) in [6.07, 6.45) is 15.1. The molecule has 3 saturated carbocycles. The van der Waals surface area contributed by atoms with Gasteiger partial charge in [0.25, 0.3) is 0 Å². The Morgan fingerprint density at radius 3 is 2.35 bits per heavy atom. The maximum absolute atomic E-state index is 14.3. The summed E-state index contributed by atoms with van der Waals surface area (Å²) in [6, 6.07) is 2.08. The number of esters is 1. The van der Waals surface area contributed by atoms with Gasteiger partial charge in [0.05, 0.1) is 24.0 Å². The van der Waals surface area contributed by atoms with Gasteiger partial charge in [-0.1, -0.05) is 52.2 Å². The summed E-state index contributed by atoms with van der Waals surface area (Å²) in [6.45, 7) is 11.1. The first kappa shape index (κ1) is 26.0. The second-order valence-corrected chi connectivity index (χ2v) is 13.9. The van der Waals surface area contributed by atoms with Crippen molar-refractivity contribution >= 4 is 17.5 Å². The highest BCUT2D eigenvalue weighted by Gasteiger charge is 2.70. The van der Waals surface area contributed by atoms with Gasteiger partial charge in [0.2, 0.25) is 0 Å². The summed E-state index contributed by atoms with van der Waals surface area (Å²) in [5.74, 6) is 1.18. The van der Waals surface area contributed by atoms with Crippen LogP contribution in [-0.2, 0) is 19.1 Å². The van der Waals surface area contributed by atoms with Crippen molar-refractivity contribution < 1.29 is 19.1 Å². The van der Waals surface area contributed by atoms with Gasteiger partial charge in [-0.15, -0.1) is 6.42 Å². The fraction of sp³-hybridized carbons (Fsp3) is 0.688. The number of terminal acetylenes is 1. The van der Waals surface area contributed by atoms with Crippen LogP contribution in [0.25, 0.3) is 0 Å². The van der Waals surface area contributed by atoms with Crippen LogP contribution < -0.4 is 0 Å². The number of hydrogen-bond acceptors (Lipinski definition) is 5. The van der Waals surface area contributed by atoms with E-state index in [1.54, 1.807) is 6.08 Å². The van der Waals surface area contributed by atoms with Gasteiger partial charge in [0, 0.05) is 11.3 Å². The van der Waals surface area contributed by atoms with Crippen LogP contribution in [0.4, 0.5) is 0 Å². The minimum atomic E-state index is -0.659. The predicted octanol–water partition coefficient (Wildman–Crippen LogP) is 5.60. The van der Waals surface area contributed by atoms with Crippen molar-refractivity contribution in [2.75, 3.05) is 7.11 Å². The number of methoxy groups -OCH3 is 1. The number of carbonyl (C=O) groups is 3. The summed E-state index contributed by atoms with van der Waals surface area (Å²) < 4.78 is 5.39. The molecule has 0 N–H and O–H groups in total. The Bertz CT molecular complexity index is 1240. The topological polar surface area (TPSA) is 84.2 Å². The zero-order valence-electron chi connectivity index (χ0n) is 23.1. The normalized spacial score (nSPS) is 45.9. The SMILES string of the molecule is C#C[C@@H]1C(=O)C(C#N)=C[C@]2(C)C3=CC(=O)C4C5CC(C)(C)CC[C@]5(C(=O)OC)CC[C@@]4(C)[C@]3(C)CC[C@@H]12. The van der Waals surface area contributed by atoms with Gasteiger partial charge in [-0.3, -0.25) is 14.4 Å². The Hall–Kier alpha value is -2.66. The molecule has 3 fully saturated rings. The van der Waals surface area contributed by atoms with Gasteiger partial charge in [-0.2, -0.15) is 5.26 Å². The van der Waals surface area contributed by atoms with Gasteiger partial charge >= 0.3 is 5.97 Å². The maximum atomic E-state index is 14.3. The fourth-order valence-corrected chi connectivity index (χ4v) is 9.67. The van der Waals surface area contributed by atoms with Gasteiger partial charge in [-0.25, -0.2) is 0 Å². The molecule has 0 bridgehead atoms. The molecule has 5 nitrogen and oxygen atoms in total. The molecule has 0 radical (unpaired) electrons. The maximum Gasteiger partial charge on any atom is 0.312 e. The number of carbonyl (C=O) groups excluding carboxylic acids is 3. The third kappa shape index (κ3) is 3.13. The molecular weight excluding hydrogens is 462 g/mol. The molecule has 0 aromatic rings. The lowest BCUT2D eigenvalue weighted by Gasteiger charge is -2.68. The highest BCUT2D eigenvalue weighted by Crippen LogP contribution is 2.73. The number of fused-ring (bicyclic) bond motifs is 7. The lowest BCUT2D eigenvalue weighted by atomic mass is 9.35. The monoisotopic (exact) mass is 501 g/mol. The van der Waals surface area contributed by atoms with E-state index in [0.29, 0.717) is 6.42 Å². The van der Waals surface area contributed by atoms with Crippen LogP contribution in [0.15, 0.2) is 23.3 Å². The molecule has 5 heteroatoms. The van der Waals surface area contributed by atoms with Crippen molar-refractivity contribution in [3.63, 3.8) is 0 Å². The Morgan fingerprint density at radius 2 is 1.73 bits per heavy atom. The molecule has 5 aliphatic rings. The van der Waals surface area contributed by atoms with E-state index < -0.39 is 16.7 Å². The molecule has 5 aliphatic carbocycles. The van der Waals surface area contributed by atoms with E-state index >= 15 is 0 Å². The van der Waals surface area contributed by atoms with Crippen molar-refractivity contribution in [2.24, 2.45) is 50.7 Å². The smallest absolute Gasteiger partial charge is 0.312 e. The zero-order valence-corrected chi connectivity index (χ0v) is 23.1. The number of hydrogen-bond donors (Lipinski definition) is 0. The molecule has 0 amide bonds. The van der Waals surface area contributed by atoms with Crippen LogP contribution in [0.2, 0.25) is 0 Å². The number of nitrogens with zero attached hydrogens (tertiary/aromatic N) is 1. The molecule has 0 saturated heterocycles. The van der Waals surface area contributed by atoms with Crippen molar-refractivity contribution in [2.45, 2.75) is 79.6 Å². The number of nitriles is 1. The minimum absolute atomic E-state index is 0.0451. The van der Waals surface area contributed by atoms with E-state index in [2.05, 4.69) is 46.6 Å². The number of allylic oxidation sites excluding steroid dienone is 4. The lowest BCUT2D eigenvalue weighted by Crippen LogP contribution is -2.65. The third-order valence-corrected chi connectivity index (χ3v) is 11.9. The number of ketones is 2. The standard InChI is InChI=1S/C32H39NO4/c1-8-20-21-9-10-30(5)24(29(21,4)16-19(18-33)26(20)35)15-23(34)25-22-17-28(2,3)11-13-32(22,27(36)37-7)14-12-31(25,30)6/h1,15-16,20-22,25H,9-14,17H2,2-7H3/t20-,21-,22?,25?,29-,30+,31+,32-/m0/s1. The van der Waals surface area contributed by atoms with Crippen LogP contribution in [-0.4, -0.2) is 24.6 Å². The third-order valence-electron chi connectivity index (χ3n) is 11.9. The van der Waals surface area contributed by atoms with E-state index in [1.807, 2.05) is 6.08 Å². The Labute approximate surface area is 221 Å². The summed E-state index contributed by atoms with van der Waals surface area (Å²) in [5, 5.41) is 9.77. The van der Waals surface area contributed by atoms with Gasteiger partial charge in [0.15, 0.2) is 11.6 Å². The molecular formula is C32H39NO4. The second-order valence-electron chi connectivity index (χ2n) is 13.9. The molecule has 0 aromatic carbocycles. The molecule has 0 heterocycles. The Morgan fingerprint density at radius 1 is 1.05 bits per heavy atom. The highest BCUT2D eigenvalue weighted by atomic mass is 16.5. The molecule has 37 heavy (non-hydrogen) atoms. The van der Waals surface area contributed by atoms with Crippen LogP contribution >= 0.6 is 0 Å². The first-order chi connectivity index (χ1) is 17.2. The lowest BCUT2D eigenvalue weighted by molar-refractivity contribution is -0.190. The summed E-state index contributed by atoms with van der Waals surface area (Å²) in [5.41, 5.74) is -0.774. The quantitative estimate of drug-likeness (QED) is 0.345. The predicted molar refractivity (Wildman–Crippen MR) is 139 cm³/mol. The van der Waals surface area contributed by atoms with Crippen LogP contribution in [0.3, 0.4) is 0 Å². The Balaban J connectivity index is 1.70. The molecule has 2 unspecified atom stereocenters. The van der Waals surface area contributed by atoms with E-state index in [0.717, 1.165) is 44.1 Å². The number of Topliss-reactive ketones (excluding diaryl/α,β-unsaturated/α-hetero) is 1. The van der Waals surface area contributed by atoms with Crippen molar-refractivity contribution in [3.05, 3.63) is 23.3 Å². The summed E-state index contributed by atoms with van der Waals surface area (Å²) >= 11 is 0. The summed E-state index contributed by atoms with van der Waals surface area (Å²) in [7, 11) is 1.47. The fourth-order valence-electron chi connectivity index (χ4n) is 9.67. The molecule has 8 atom stereocenters. The van der Waals surface area contributed by atoms with Crippen molar-refractivity contribution in [1.29, 1.82) is 5.26 Å². The Kier molecular flexibility index (Phi) is 5.56. The minimum Gasteiger partial charge on any atom is -0.469 e. The first-order valence-corrected chi connectivity index (χ1v) is 13.7. The van der Waals surface area contributed by atoms with E-state index in [1.165, 1.54) is 7.11 Å².